The molecule has 0 aliphatic heterocycles. The molecule has 14 heavy (non-hydrogen) atoms. The van der Waals surface area contributed by atoms with Crippen LogP contribution in [0.1, 0.15) is 25.1 Å². The molecule has 0 aliphatic carbocycles. The van der Waals surface area contributed by atoms with Gasteiger partial charge < -0.3 is 9.84 Å². The van der Waals surface area contributed by atoms with Crippen molar-refractivity contribution in [2.45, 2.75) is 27.4 Å². The normalized spacial score (nSPS) is 9.00. The van der Waals surface area contributed by atoms with Gasteiger partial charge in [-0.15, -0.1) is 0 Å². The quantitative estimate of drug-likeness (QED) is 0.775. The van der Waals surface area contributed by atoms with Gasteiger partial charge in [0, 0.05) is 11.3 Å². The Morgan fingerprint density at radius 2 is 2.07 bits per heavy atom. The van der Waals surface area contributed by atoms with Crippen molar-refractivity contribution < 1.29 is 9.84 Å². The molecule has 1 heterocycles. The average Bonchev–Trinajstić information content (AvgIpc) is 2.21. The summed E-state index contributed by atoms with van der Waals surface area (Å²) < 4.78 is 4.94. The van der Waals surface area contributed by atoms with Crippen molar-refractivity contribution in [3.05, 3.63) is 22.5 Å². The van der Waals surface area contributed by atoms with E-state index in [9.17, 15) is 0 Å². The highest BCUT2D eigenvalue weighted by molar-refractivity contribution is 6.30. The molecule has 0 fully saturated rings. The molecule has 0 radical (unpaired) electrons. The summed E-state index contributed by atoms with van der Waals surface area (Å²) in [5.41, 5.74) is 1.46. The van der Waals surface area contributed by atoms with Gasteiger partial charge in [-0.3, -0.25) is 0 Å². The Labute approximate surface area is 89.7 Å². The minimum absolute atomic E-state index is 0.0492. The van der Waals surface area contributed by atoms with Crippen molar-refractivity contribution in [3.8, 4) is 5.75 Å². The Morgan fingerprint density at radius 1 is 1.50 bits per heavy atom. The summed E-state index contributed by atoms with van der Waals surface area (Å²) in [5.74, 6) is 0.492. The Bertz CT molecular complexity index is 264. The van der Waals surface area contributed by atoms with E-state index in [1.807, 2.05) is 13.8 Å². The van der Waals surface area contributed by atoms with Gasteiger partial charge in [-0.2, -0.15) is 0 Å². The van der Waals surface area contributed by atoms with Crippen molar-refractivity contribution in [2.24, 2.45) is 0 Å². The van der Waals surface area contributed by atoms with Gasteiger partial charge in [0.05, 0.1) is 13.7 Å². The Balaban J connectivity index is 0.000000791. The number of aliphatic hydroxyl groups excluding tert-OH is 1. The fourth-order valence-corrected chi connectivity index (χ4v) is 1.16. The van der Waals surface area contributed by atoms with Crippen LogP contribution in [0.15, 0.2) is 6.07 Å². The van der Waals surface area contributed by atoms with Crippen LogP contribution in [0.5, 0.6) is 5.75 Å². The Morgan fingerprint density at radius 3 is 2.50 bits per heavy atom. The van der Waals surface area contributed by atoms with Crippen LogP contribution >= 0.6 is 11.6 Å². The number of methoxy groups -OCH3 is 1. The number of ether oxygens (including phenoxy) is 1. The summed E-state index contributed by atoms with van der Waals surface area (Å²) in [4.78, 5) is 4.00. The van der Waals surface area contributed by atoms with Crippen LogP contribution in [0.2, 0.25) is 5.15 Å². The molecule has 0 saturated heterocycles. The summed E-state index contributed by atoms with van der Waals surface area (Å²) in [6, 6.07) is 1.69. The van der Waals surface area contributed by atoms with E-state index < -0.39 is 0 Å². The molecule has 0 saturated carbocycles. The maximum absolute atomic E-state index is 8.89. The van der Waals surface area contributed by atoms with E-state index in [1.54, 1.807) is 13.0 Å². The fourth-order valence-electron chi connectivity index (χ4n) is 0.900. The van der Waals surface area contributed by atoms with Crippen LogP contribution in [0.25, 0.3) is 0 Å². The SMILES string of the molecule is CC.COc1cc(CO)c(C)nc1Cl. The molecule has 1 N–H and O–H groups in total. The number of aryl methyl sites for hydroxylation is 1. The van der Waals surface area contributed by atoms with Crippen LogP contribution in [0.4, 0.5) is 0 Å². The Kier molecular flexibility index (Phi) is 6.25. The number of aliphatic hydroxyl groups is 1. The topological polar surface area (TPSA) is 42.4 Å². The molecule has 0 amide bonds. The van der Waals surface area contributed by atoms with E-state index in [2.05, 4.69) is 4.98 Å². The minimum Gasteiger partial charge on any atom is -0.494 e. The molecule has 1 rings (SSSR count). The van der Waals surface area contributed by atoms with Gasteiger partial charge >= 0.3 is 0 Å². The van der Waals surface area contributed by atoms with Crippen LogP contribution in [0.3, 0.4) is 0 Å². The molecule has 1 aromatic rings. The highest BCUT2D eigenvalue weighted by Crippen LogP contribution is 2.24. The van der Waals surface area contributed by atoms with Gasteiger partial charge in [0.2, 0.25) is 0 Å². The zero-order valence-electron chi connectivity index (χ0n) is 8.97. The summed E-state index contributed by atoms with van der Waals surface area (Å²) in [5, 5.41) is 9.22. The molecule has 3 nitrogen and oxygen atoms in total. The van der Waals surface area contributed by atoms with Crippen molar-refractivity contribution >= 4 is 11.6 Å². The number of halogens is 1. The summed E-state index contributed by atoms with van der Waals surface area (Å²) in [6.45, 7) is 5.74. The van der Waals surface area contributed by atoms with Gasteiger partial charge in [-0.25, -0.2) is 4.98 Å². The molecule has 0 atom stereocenters. The summed E-state index contributed by atoms with van der Waals surface area (Å²) in [6.07, 6.45) is 0. The zero-order valence-corrected chi connectivity index (χ0v) is 9.72. The predicted molar refractivity (Wildman–Crippen MR) is 57.8 cm³/mol. The van der Waals surface area contributed by atoms with Crippen molar-refractivity contribution in [3.63, 3.8) is 0 Å². The van der Waals surface area contributed by atoms with E-state index in [4.69, 9.17) is 21.4 Å². The lowest BCUT2D eigenvalue weighted by atomic mass is 10.2. The first-order valence-electron chi connectivity index (χ1n) is 4.50. The molecule has 0 unspecified atom stereocenters. The highest BCUT2D eigenvalue weighted by atomic mass is 35.5. The number of hydrogen-bond donors (Lipinski definition) is 1. The number of aromatic nitrogens is 1. The predicted octanol–water partition coefficient (Wildman–Crippen LogP) is 2.57. The lowest BCUT2D eigenvalue weighted by Gasteiger charge is -2.06. The van der Waals surface area contributed by atoms with Crippen LogP contribution in [0, 0.1) is 6.92 Å². The molecule has 80 valence electrons. The monoisotopic (exact) mass is 217 g/mol. The van der Waals surface area contributed by atoms with Gasteiger partial charge in [-0.05, 0) is 13.0 Å². The molecular weight excluding hydrogens is 202 g/mol. The average molecular weight is 218 g/mol. The van der Waals surface area contributed by atoms with E-state index in [1.165, 1.54) is 7.11 Å². The third-order valence-corrected chi connectivity index (χ3v) is 1.90. The third-order valence-electron chi connectivity index (χ3n) is 1.63. The van der Waals surface area contributed by atoms with E-state index >= 15 is 0 Å². The summed E-state index contributed by atoms with van der Waals surface area (Å²) in [7, 11) is 1.51. The van der Waals surface area contributed by atoms with Crippen LogP contribution in [-0.4, -0.2) is 17.2 Å². The van der Waals surface area contributed by atoms with Crippen molar-refractivity contribution in [2.75, 3.05) is 7.11 Å². The van der Waals surface area contributed by atoms with E-state index in [-0.39, 0.29) is 6.61 Å². The highest BCUT2D eigenvalue weighted by Gasteiger charge is 2.06. The van der Waals surface area contributed by atoms with Gasteiger partial charge in [0.25, 0.3) is 0 Å². The van der Waals surface area contributed by atoms with Crippen LogP contribution in [-0.2, 0) is 6.61 Å². The third kappa shape index (κ3) is 3.16. The second-order valence-electron chi connectivity index (χ2n) is 2.38. The summed E-state index contributed by atoms with van der Waals surface area (Å²) >= 11 is 5.74. The molecule has 0 aliphatic rings. The first-order valence-corrected chi connectivity index (χ1v) is 4.87. The molecule has 0 spiro atoms. The maximum Gasteiger partial charge on any atom is 0.171 e. The van der Waals surface area contributed by atoms with E-state index in [0.29, 0.717) is 10.9 Å². The van der Waals surface area contributed by atoms with Crippen LogP contribution < -0.4 is 4.74 Å². The number of pyridine rings is 1. The van der Waals surface area contributed by atoms with Crippen molar-refractivity contribution in [1.29, 1.82) is 0 Å². The standard InChI is InChI=1S/C8H10ClNO2.C2H6/c1-5-6(4-11)3-7(12-2)8(9)10-5;1-2/h3,11H,4H2,1-2H3;1-2H3. The lowest BCUT2D eigenvalue weighted by molar-refractivity contribution is 0.279. The number of nitrogens with zero attached hydrogens (tertiary/aromatic N) is 1. The molecular formula is C10H16ClNO2. The van der Waals surface area contributed by atoms with E-state index in [0.717, 1.165) is 11.3 Å². The second kappa shape index (κ2) is 6.62. The fraction of sp³-hybridized carbons (Fsp3) is 0.500. The van der Waals surface area contributed by atoms with Crippen molar-refractivity contribution in [1.82, 2.24) is 4.98 Å². The second-order valence-corrected chi connectivity index (χ2v) is 2.74. The number of rotatable bonds is 2. The lowest BCUT2D eigenvalue weighted by Crippen LogP contribution is -1.95. The smallest absolute Gasteiger partial charge is 0.171 e. The molecule has 1 aromatic heterocycles. The molecule has 0 bridgehead atoms. The molecule has 0 aromatic carbocycles. The number of hydrogen-bond acceptors (Lipinski definition) is 3. The Hall–Kier alpha value is -0.800. The largest absolute Gasteiger partial charge is 0.494 e. The molecule has 4 heteroatoms. The minimum atomic E-state index is -0.0492. The zero-order chi connectivity index (χ0) is 11.1. The maximum atomic E-state index is 8.89. The first-order chi connectivity index (χ1) is 6.69. The van der Waals surface area contributed by atoms with Gasteiger partial charge in [0.15, 0.2) is 10.9 Å². The van der Waals surface area contributed by atoms with Gasteiger partial charge in [-0.1, -0.05) is 25.4 Å². The first kappa shape index (κ1) is 13.2. The van der Waals surface area contributed by atoms with Gasteiger partial charge in [0.1, 0.15) is 0 Å².